The van der Waals surface area contributed by atoms with Crippen molar-refractivity contribution in [3.05, 3.63) is 0 Å². The monoisotopic (exact) mass is 922 g/mol. The van der Waals surface area contributed by atoms with Crippen LogP contribution in [0.5, 0.6) is 0 Å². The summed E-state index contributed by atoms with van der Waals surface area (Å²) >= 11 is 0. The quantitative estimate of drug-likeness (QED) is 0.0909. The van der Waals surface area contributed by atoms with Crippen molar-refractivity contribution in [2.24, 2.45) is 23.2 Å². The maximum Gasteiger partial charge on any atom is 0.311 e. The van der Waals surface area contributed by atoms with Crippen molar-refractivity contribution in [3.8, 4) is 0 Å². The number of carbonyl (C=O) groups is 2. The first kappa shape index (κ1) is 56.7. The molecule has 3 aliphatic rings. The van der Waals surface area contributed by atoms with E-state index < -0.39 is 120 Å². The molecule has 64 heavy (non-hydrogen) atoms. The van der Waals surface area contributed by atoms with Gasteiger partial charge in [-0.05, 0) is 108 Å². The number of rotatable bonds is 15. The number of aliphatic hydroxyl groups excluding tert-OH is 4. The lowest BCUT2D eigenvalue weighted by Crippen LogP contribution is -2.61. The molecular weight excluding hydrogens is 835 g/mol. The average molecular weight is 922 g/mol. The number of esters is 1. The van der Waals surface area contributed by atoms with Crippen LogP contribution >= 0.6 is 0 Å². The third kappa shape index (κ3) is 13.5. The van der Waals surface area contributed by atoms with Crippen LogP contribution in [0.2, 0.25) is 0 Å². The molecule has 18 atom stereocenters. The highest BCUT2D eigenvalue weighted by Gasteiger charge is 2.53. The highest BCUT2D eigenvalue weighted by atomic mass is 16.7. The van der Waals surface area contributed by atoms with E-state index in [0.717, 1.165) is 0 Å². The molecule has 3 rings (SSSR count). The Morgan fingerprint density at radius 2 is 1.59 bits per heavy atom. The summed E-state index contributed by atoms with van der Waals surface area (Å²) in [5.41, 5.74) is -5.83. The maximum atomic E-state index is 14.5. The predicted molar refractivity (Wildman–Crippen MR) is 238 cm³/mol. The zero-order valence-corrected chi connectivity index (χ0v) is 41.5. The number of hydrogen-bond donors (Lipinski definition) is 7. The van der Waals surface area contributed by atoms with E-state index in [9.17, 15) is 40.2 Å². The first-order chi connectivity index (χ1) is 29.6. The van der Waals surface area contributed by atoms with Gasteiger partial charge in [0.15, 0.2) is 12.6 Å². The number of likely N-dealkylation sites (N-methyl/N-ethyl adjacent to an activating group) is 2. The van der Waals surface area contributed by atoms with Crippen LogP contribution in [0, 0.1) is 23.2 Å². The Morgan fingerprint density at radius 1 is 0.969 bits per heavy atom. The van der Waals surface area contributed by atoms with Crippen LogP contribution in [0.1, 0.15) is 108 Å². The van der Waals surface area contributed by atoms with Gasteiger partial charge in [0.05, 0.1) is 60.2 Å². The average Bonchev–Trinajstić information content (AvgIpc) is 3.23. The number of nitrogens with zero attached hydrogens (tertiary/aromatic N) is 2. The molecule has 376 valence electrons. The topological polar surface area (TPSA) is 239 Å². The van der Waals surface area contributed by atoms with Crippen LogP contribution in [0.3, 0.4) is 0 Å². The summed E-state index contributed by atoms with van der Waals surface area (Å²) in [4.78, 5) is 31.1. The highest BCUT2D eigenvalue weighted by Crippen LogP contribution is 2.40. The minimum atomic E-state index is -1.84. The second-order valence-corrected chi connectivity index (χ2v) is 20.5. The van der Waals surface area contributed by atoms with E-state index in [1.807, 2.05) is 51.7 Å². The van der Waals surface area contributed by atoms with Crippen molar-refractivity contribution in [2.45, 2.75) is 199 Å². The Kier molecular flexibility index (Phi) is 20.9. The van der Waals surface area contributed by atoms with Gasteiger partial charge in [-0.2, -0.15) is 0 Å². The molecule has 7 N–H and O–H groups in total. The third-order valence-corrected chi connectivity index (χ3v) is 14.3. The third-order valence-electron chi connectivity index (χ3n) is 14.3. The fraction of sp³-hybridized carbons (Fsp3) is 0.957. The molecule has 0 bridgehead atoms. The van der Waals surface area contributed by atoms with Gasteiger partial charge in [-0.15, -0.1) is 0 Å². The second-order valence-electron chi connectivity index (χ2n) is 20.5. The van der Waals surface area contributed by atoms with Gasteiger partial charge >= 0.3 is 5.97 Å². The highest BCUT2D eigenvalue weighted by molar-refractivity contribution is 5.82. The van der Waals surface area contributed by atoms with Gasteiger partial charge in [-0.1, -0.05) is 20.8 Å². The Balaban J connectivity index is 2.14. The number of nitrogens with one attached hydrogen (secondary N) is 1. The largest absolute Gasteiger partial charge is 0.459 e. The lowest BCUT2D eigenvalue weighted by molar-refractivity contribution is -0.321. The summed E-state index contributed by atoms with van der Waals surface area (Å²) in [5, 5.41) is 69.5. The zero-order valence-electron chi connectivity index (χ0n) is 41.5. The molecule has 18 unspecified atom stereocenters. The van der Waals surface area contributed by atoms with Crippen LogP contribution in [0.15, 0.2) is 0 Å². The number of aliphatic hydroxyl groups is 6. The van der Waals surface area contributed by atoms with Gasteiger partial charge < -0.3 is 78.9 Å². The predicted octanol–water partition coefficient (Wildman–Crippen LogP) is 1.42. The van der Waals surface area contributed by atoms with Crippen LogP contribution in [-0.4, -0.2) is 204 Å². The maximum absolute atomic E-state index is 14.5. The molecule has 3 saturated heterocycles. The van der Waals surface area contributed by atoms with Crippen LogP contribution in [0.25, 0.3) is 0 Å². The molecule has 1 amide bonds. The summed E-state index contributed by atoms with van der Waals surface area (Å²) in [6.07, 6.45) is -7.75. The van der Waals surface area contributed by atoms with E-state index in [1.54, 1.807) is 41.5 Å². The molecule has 0 aromatic rings. The fourth-order valence-corrected chi connectivity index (χ4v) is 9.80. The molecule has 3 heterocycles. The number of methoxy groups -OCH3 is 1. The van der Waals surface area contributed by atoms with Crippen LogP contribution in [0.4, 0.5) is 0 Å². The summed E-state index contributed by atoms with van der Waals surface area (Å²) in [7, 11) is 7.21. The Labute approximate surface area is 382 Å². The van der Waals surface area contributed by atoms with Crippen molar-refractivity contribution in [1.82, 2.24) is 15.1 Å². The van der Waals surface area contributed by atoms with Gasteiger partial charge in [0, 0.05) is 51.2 Å². The normalized spacial score (nSPS) is 42.7. The van der Waals surface area contributed by atoms with E-state index in [4.69, 9.17) is 33.2 Å². The molecule has 18 heteroatoms. The number of hydrogen-bond acceptors (Lipinski definition) is 17. The van der Waals surface area contributed by atoms with Crippen molar-refractivity contribution >= 4 is 11.9 Å². The molecule has 3 aliphatic heterocycles. The van der Waals surface area contributed by atoms with E-state index >= 15 is 0 Å². The van der Waals surface area contributed by atoms with Crippen molar-refractivity contribution in [2.75, 3.05) is 61.2 Å². The van der Waals surface area contributed by atoms with E-state index in [0.29, 0.717) is 19.4 Å². The first-order valence-corrected chi connectivity index (χ1v) is 23.3. The van der Waals surface area contributed by atoms with E-state index in [-0.39, 0.29) is 50.5 Å². The Bertz CT molecular complexity index is 1450. The first-order valence-electron chi connectivity index (χ1n) is 23.3. The minimum Gasteiger partial charge on any atom is -0.459 e. The van der Waals surface area contributed by atoms with Crippen molar-refractivity contribution in [1.29, 1.82) is 0 Å². The Hall–Kier alpha value is -1.62. The molecular formula is C46H87N3O15. The SMILES string of the molecule is CCC1OC(=O)C(C)C(OC2CC(C)(OC)C(O)C(C)O2)C(C)C(OC2OC(C)CC(N(C)C)C2OCCCNC(=O)C(C)(CO)CO)C(C)(O)CC(C)CN(C)C(C)C(O)C1(C)O. The smallest absolute Gasteiger partial charge is 0.311 e. The van der Waals surface area contributed by atoms with Crippen molar-refractivity contribution < 1.29 is 73.4 Å². The number of cyclic esters (lactones) is 1. The van der Waals surface area contributed by atoms with Crippen LogP contribution in [-0.2, 0) is 42.7 Å². The standard InChI is InChI=1S/C46H87N3O15/c1-16-33-46(11,57)37(52)30(6)49(14)23-26(2)21-44(9,56)39(28(4)35(29(5)40(54)62-33)63-34-22-45(10,58-15)38(53)31(7)61-34)64-41-36(32(48(12)13)20-27(3)60-41)59-19-17-18-47-42(55)43(8,24-50)25-51/h26-39,41,50-53,56-57H,16-25H2,1-15H3,(H,47,55). The molecule has 0 aromatic carbocycles. The Morgan fingerprint density at radius 3 is 2.16 bits per heavy atom. The lowest BCUT2D eigenvalue weighted by atomic mass is 9.77. The van der Waals surface area contributed by atoms with Crippen LogP contribution < -0.4 is 5.32 Å². The lowest BCUT2D eigenvalue weighted by Gasteiger charge is -2.49. The van der Waals surface area contributed by atoms with E-state index in [2.05, 4.69) is 5.32 Å². The summed E-state index contributed by atoms with van der Waals surface area (Å²) in [6, 6.07) is -0.774. The van der Waals surface area contributed by atoms with Crippen molar-refractivity contribution in [3.63, 3.8) is 0 Å². The molecule has 18 nitrogen and oxygen atoms in total. The molecule has 0 aromatic heterocycles. The minimum absolute atomic E-state index is 0.102. The number of ether oxygens (including phenoxy) is 7. The number of carbonyl (C=O) groups excluding carboxylic acids is 2. The summed E-state index contributed by atoms with van der Waals surface area (Å²) in [6.45, 7) is 18.9. The zero-order chi connectivity index (χ0) is 48.7. The molecule has 0 saturated carbocycles. The van der Waals surface area contributed by atoms with Gasteiger partial charge in [0.25, 0.3) is 0 Å². The van der Waals surface area contributed by atoms with Gasteiger partial charge in [0.2, 0.25) is 5.91 Å². The number of amides is 1. The molecule has 3 fully saturated rings. The van der Waals surface area contributed by atoms with Gasteiger partial charge in [0.1, 0.15) is 30.0 Å². The summed E-state index contributed by atoms with van der Waals surface area (Å²) in [5.74, 6) is -3.22. The van der Waals surface area contributed by atoms with Gasteiger partial charge in [-0.25, -0.2) is 0 Å². The molecule has 0 aliphatic carbocycles. The fourth-order valence-electron chi connectivity index (χ4n) is 9.80. The molecule has 0 radical (unpaired) electrons. The second kappa shape index (κ2) is 23.6. The summed E-state index contributed by atoms with van der Waals surface area (Å²) < 4.78 is 45.2. The van der Waals surface area contributed by atoms with Gasteiger partial charge in [-0.3, -0.25) is 9.59 Å². The molecule has 0 spiro atoms. The van der Waals surface area contributed by atoms with E-state index in [1.165, 1.54) is 21.0 Å².